The maximum absolute atomic E-state index is 5.84. The summed E-state index contributed by atoms with van der Waals surface area (Å²) in [5, 5.41) is 0. The fourth-order valence-corrected chi connectivity index (χ4v) is 3.70. The third-order valence-corrected chi connectivity index (χ3v) is 5.59. The van der Waals surface area contributed by atoms with Crippen molar-refractivity contribution in [2.75, 3.05) is 20.3 Å². The quantitative estimate of drug-likeness (QED) is 0.212. The molecule has 0 saturated carbocycles. The monoisotopic (exact) mass is 390 g/mol. The van der Waals surface area contributed by atoms with Crippen molar-refractivity contribution in [1.29, 1.82) is 0 Å². The molecule has 1 aromatic carbocycles. The fraction of sp³-hybridized carbons (Fsp3) is 0.769. The second-order valence-electron chi connectivity index (χ2n) is 8.22. The van der Waals surface area contributed by atoms with Crippen LogP contribution in [0.4, 0.5) is 0 Å². The Kier molecular flexibility index (Phi) is 17.5. The molecule has 0 saturated heterocycles. The zero-order chi connectivity index (χ0) is 20.1. The van der Waals surface area contributed by atoms with E-state index in [2.05, 4.69) is 37.3 Å². The SMILES string of the molecule is CCCCCCCCCCCCCCCCOCC(Cc1ccccc1)OC. The van der Waals surface area contributed by atoms with Gasteiger partial charge in [-0.15, -0.1) is 0 Å². The average Bonchev–Trinajstić information content (AvgIpc) is 2.73. The summed E-state index contributed by atoms with van der Waals surface area (Å²) in [6.45, 7) is 3.85. The van der Waals surface area contributed by atoms with Crippen molar-refractivity contribution >= 4 is 0 Å². The maximum atomic E-state index is 5.84. The van der Waals surface area contributed by atoms with Crippen molar-refractivity contribution in [2.45, 2.75) is 109 Å². The van der Waals surface area contributed by atoms with Crippen LogP contribution in [0.2, 0.25) is 0 Å². The predicted molar refractivity (Wildman–Crippen MR) is 122 cm³/mol. The Morgan fingerprint density at radius 2 is 1.18 bits per heavy atom. The van der Waals surface area contributed by atoms with Crippen LogP contribution >= 0.6 is 0 Å². The first-order valence-corrected chi connectivity index (χ1v) is 12.0. The van der Waals surface area contributed by atoms with E-state index in [0.717, 1.165) is 13.0 Å². The molecule has 1 unspecified atom stereocenters. The van der Waals surface area contributed by atoms with Gasteiger partial charge in [-0.1, -0.05) is 121 Å². The molecule has 0 aliphatic rings. The van der Waals surface area contributed by atoms with E-state index in [1.165, 1.54) is 95.5 Å². The third kappa shape index (κ3) is 15.1. The molecular formula is C26H46O2. The van der Waals surface area contributed by atoms with Crippen LogP contribution in [0.1, 0.15) is 102 Å². The fourth-order valence-electron chi connectivity index (χ4n) is 3.70. The first-order chi connectivity index (χ1) is 13.9. The van der Waals surface area contributed by atoms with Crippen molar-refractivity contribution in [2.24, 2.45) is 0 Å². The van der Waals surface area contributed by atoms with Crippen LogP contribution in [0.15, 0.2) is 30.3 Å². The van der Waals surface area contributed by atoms with E-state index >= 15 is 0 Å². The first-order valence-electron chi connectivity index (χ1n) is 12.0. The van der Waals surface area contributed by atoms with Gasteiger partial charge in [0.1, 0.15) is 0 Å². The van der Waals surface area contributed by atoms with Crippen LogP contribution in [0.5, 0.6) is 0 Å². The van der Waals surface area contributed by atoms with E-state index in [1.54, 1.807) is 7.11 Å². The van der Waals surface area contributed by atoms with Gasteiger partial charge in [-0.25, -0.2) is 0 Å². The smallest absolute Gasteiger partial charge is 0.0844 e. The molecule has 0 spiro atoms. The van der Waals surface area contributed by atoms with Gasteiger partial charge in [-0.05, 0) is 12.0 Å². The molecule has 28 heavy (non-hydrogen) atoms. The van der Waals surface area contributed by atoms with Gasteiger partial charge in [0.2, 0.25) is 0 Å². The maximum Gasteiger partial charge on any atom is 0.0844 e. The molecule has 1 atom stereocenters. The third-order valence-electron chi connectivity index (χ3n) is 5.59. The standard InChI is InChI=1S/C26H46O2/c1-3-4-5-6-7-8-9-10-11-12-13-14-15-19-22-28-24-26(27-2)23-25-20-17-16-18-21-25/h16-18,20-21,26H,3-15,19,22-24H2,1-2H3. The summed E-state index contributed by atoms with van der Waals surface area (Å²) in [7, 11) is 1.78. The van der Waals surface area contributed by atoms with Gasteiger partial charge in [-0.3, -0.25) is 0 Å². The minimum atomic E-state index is 0.161. The minimum Gasteiger partial charge on any atom is -0.379 e. The lowest BCUT2D eigenvalue weighted by molar-refractivity contribution is 0.00789. The number of hydrogen-bond acceptors (Lipinski definition) is 2. The summed E-state index contributed by atoms with van der Waals surface area (Å²) in [4.78, 5) is 0. The Hall–Kier alpha value is -0.860. The van der Waals surface area contributed by atoms with Gasteiger partial charge in [0.05, 0.1) is 12.7 Å². The lowest BCUT2D eigenvalue weighted by atomic mass is 10.0. The van der Waals surface area contributed by atoms with E-state index in [4.69, 9.17) is 9.47 Å². The van der Waals surface area contributed by atoms with Crippen LogP contribution in [-0.4, -0.2) is 26.4 Å². The minimum absolute atomic E-state index is 0.161. The van der Waals surface area contributed by atoms with Crippen molar-refractivity contribution in [3.8, 4) is 0 Å². The molecule has 1 aromatic rings. The van der Waals surface area contributed by atoms with Gasteiger partial charge in [0.25, 0.3) is 0 Å². The molecule has 0 amide bonds. The van der Waals surface area contributed by atoms with Crippen LogP contribution in [0.25, 0.3) is 0 Å². The Morgan fingerprint density at radius 1 is 0.679 bits per heavy atom. The molecular weight excluding hydrogens is 344 g/mol. The molecule has 2 nitrogen and oxygen atoms in total. The zero-order valence-corrected chi connectivity index (χ0v) is 18.8. The first kappa shape index (κ1) is 25.2. The normalized spacial score (nSPS) is 12.4. The van der Waals surface area contributed by atoms with Crippen LogP contribution in [0.3, 0.4) is 0 Å². The molecule has 0 bridgehead atoms. The number of hydrogen-bond donors (Lipinski definition) is 0. The van der Waals surface area contributed by atoms with Gasteiger partial charge in [0.15, 0.2) is 0 Å². The summed E-state index contributed by atoms with van der Waals surface area (Å²) < 4.78 is 11.4. The summed E-state index contributed by atoms with van der Waals surface area (Å²) in [6, 6.07) is 10.5. The second-order valence-corrected chi connectivity index (χ2v) is 8.22. The molecule has 0 aliphatic carbocycles. The molecule has 2 heteroatoms. The number of methoxy groups -OCH3 is 1. The lowest BCUT2D eigenvalue weighted by Crippen LogP contribution is -2.21. The number of unbranched alkanes of at least 4 members (excludes halogenated alkanes) is 13. The zero-order valence-electron chi connectivity index (χ0n) is 18.8. The Labute approximate surface area is 175 Å². The second kappa shape index (κ2) is 19.5. The van der Waals surface area contributed by atoms with E-state index in [1.807, 2.05) is 0 Å². The van der Waals surface area contributed by atoms with E-state index < -0.39 is 0 Å². The highest BCUT2D eigenvalue weighted by atomic mass is 16.5. The van der Waals surface area contributed by atoms with Gasteiger partial charge >= 0.3 is 0 Å². The van der Waals surface area contributed by atoms with E-state index in [-0.39, 0.29) is 6.10 Å². The Bertz CT molecular complexity index is 418. The number of ether oxygens (including phenoxy) is 2. The molecule has 0 radical (unpaired) electrons. The molecule has 0 fully saturated rings. The summed E-state index contributed by atoms with van der Waals surface area (Å²) >= 11 is 0. The van der Waals surface area contributed by atoms with Gasteiger partial charge in [0, 0.05) is 20.1 Å². The van der Waals surface area contributed by atoms with E-state index in [0.29, 0.717) is 6.61 Å². The lowest BCUT2D eigenvalue weighted by Gasteiger charge is -2.15. The van der Waals surface area contributed by atoms with Crippen LogP contribution in [-0.2, 0) is 15.9 Å². The van der Waals surface area contributed by atoms with Gasteiger partial charge < -0.3 is 9.47 Å². The van der Waals surface area contributed by atoms with Crippen molar-refractivity contribution in [3.63, 3.8) is 0 Å². The van der Waals surface area contributed by atoms with Crippen LogP contribution < -0.4 is 0 Å². The summed E-state index contributed by atoms with van der Waals surface area (Å²) in [5.41, 5.74) is 1.31. The predicted octanol–water partition coefficient (Wildman–Crippen LogP) is 7.74. The summed E-state index contributed by atoms with van der Waals surface area (Å²) in [6.07, 6.45) is 20.6. The molecule has 1 rings (SSSR count). The Balaban J connectivity index is 1.81. The molecule has 0 N–H and O–H groups in total. The van der Waals surface area contributed by atoms with Crippen molar-refractivity contribution in [3.05, 3.63) is 35.9 Å². The molecule has 0 heterocycles. The van der Waals surface area contributed by atoms with Crippen molar-refractivity contribution < 1.29 is 9.47 Å². The van der Waals surface area contributed by atoms with Crippen molar-refractivity contribution in [1.82, 2.24) is 0 Å². The Morgan fingerprint density at radius 3 is 1.68 bits per heavy atom. The average molecular weight is 391 g/mol. The topological polar surface area (TPSA) is 18.5 Å². The van der Waals surface area contributed by atoms with Gasteiger partial charge in [-0.2, -0.15) is 0 Å². The molecule has 162 valence electrons. The molecule has 0 aromatic heterocycles. The number of benzene rings is 1. The summed E-state index contributed by atoms with van der Waals surface area (Å²) in [5.74, 6) is 0. The highest BCUT2D eigenvalue weighted by Crippen LogP contribution is 2.13. The molecule has 0 aliphatic heterocycles. The largest absolute Gasteiger partial charge is 0.379 e. The van der Waals surface area contributed by atoms with Crippen LogP contribution in [0, 0.1) is 0 Å². The highest BCUT2D eigenvalue weighted by molar-refractivity contribution is 5.15. The van der Waals surface area contributed by atoms with E-state index in [9.17, 15) is 0 Å². The number of rotatable bonds is 20. The highest BCUT2D eigenvalue weighted by Gasteiger charge is 2.08.